The van der Waals surface area contributed by atoms with Crippen LogP contribution in [0.3, 0.4) is 0 Å². The lowest BCUT2D eigenvalue weighted by Crippen LogP contribution is -2.34. The maximum Gasteiger partial charge on any atom is 0.225 e. The Hall–Kier alpha value is -1.38. The molecule has 1 aromatic heterocycles. The molecule has 0 aliphatic heterocycles. The molecule has 1 aromatic rings. The predicted octanol–water partition coefficient (Wildman–Crippen LogP) is 2.52. The predicted molar refractivity (Wildman–Crippen MR) is 69.7 cm³/mol. The highest BCUT2D eigenvalue weighted by atomic mass is 16.2. The lowest BCUT2D eigenvalue weighted by molar-refractivity contribution is -0.134. The van der Waals surface area contributed by atoms with Gasteiger partial charge < -0.3 is 4.90 Å². The number of nitrogens with zero attached hydrogens (tertiary/aromatic N) is 2. The molecule has 0 unspecified atom stereocenters. The minimum absolute atomic E-state index is 0.178. The normalized spacial score (nSPS) is 10.6. The summed E-state index contributed by atoms with van der Waals surface area (Å²) in [6.07, 6.45) is 6.32. The lowest BCUT2D eigenvalue weighted by Gasteiger charge is -2.22. The number of likely N-dealkylation sites (N-methyl/N-ethyl adjacent to an activating group) is 1. The molecule has 94 valence electrons. The van der Waals surface area contributed by atoms with Gasteiger partial charge in [-0.2, -0.15) is 0 Å². The molecule has 0 aliphatic rings. The van der Waals surface area contributed by atoms with Crippen LogP contribution in [0.4, 0.5) is 0 Å². The molecule has 17 heavy (non-hydrogen) atoms. The van der Waals surface area contributed by atoms with E-state index in [-0.39, 0.29) is 11.8 Å². The molecule has 0 spiro atoms. The molecule has 0 radical (unpaired) electrons. The lowest BCUT2D eigenvalue weighted by atomic mass is 10.0. The summed E-state index contributed by atoms with van der Waals surface area (Å²) in [7, 11) is 1.89. The molecular weight excluding hydrogens is 212 g/mol. The van der Waals surface area contributed by atoms with Crippen molar-refractivity contribution in [3.8, 4) is 0 Å². The van der Waals surface area contributed by atoms with E-state index in [4.69, 9.17) is 0 Å². The molecule has 0 aliphatic carbocycles. The molecule has 0 bridgehead atoms. The van der Waals surface area contributed by atoms with E-state index >= 15 is 0 Å². The number of pyridine rings is 1. The Morgan fingerprint density at radius 2 is 1.88 bits per heavy atom. The molecule has 0 saturated heterocycles. The van der Waals surface area contributed by atoms with E-state index in [1.54, 1.807) is 12.4 Å². The zero-order chi connectivity index (χ0) is 12.7. The van der Waals surface area contributed by atoms with Crippen molar-refractivity contribution < 1.29 is 4.79 Å². The van der Waals surface area contributed by atoms with Crippen molar-refractivity contribution in [3.05, 3.63) is 30.1 Å². The third-order valence-corrected chi connectivity index (χ3v) is 3.20. The summed E-state index contributed by atoms with van der Waals surface area (Å²) in [6.45, 7) is 4.92. The van der Waals surface area contributed by atoms with Gasteiger partial charge in [0.2, 0.25) is 5.91 Å². The zero-order valence-corrected chi connectivity index (χ0v) is 11.0. The van der Waals surface area contributed by atoms with Crippen LogP contribution >= 0.6 is 0 Å². The molecule has 0 atom stereocenters. The fourth-order valence-corrected chi connectivity index (χ4v) is 1.91. The summed E-state index contributed by atoms with van der Waals surface area (Å²) < 4.78 is 0. The summed E-state index contributed by atoms with van der Waals surface area (Å²) in [5.41, 5.74) is 1.23. The molecule has 3 nitrogen and oxygen atoms in total. The van der Waals surface area contributed by atoms with Crippen LogP contribution in [0.5, 0.6) is 0 Å². The maximum absolute atomic E-state index is 12.0. The summed E-state index contributed by atoms with van der Waals surface area (Å²) >= 11 is 0. The van der Waals surface area contributed by atoms with Crippen LogP contribution in [0, 0.1) is 5.92 Å². The third-order valence-electron chi connectivity index (χ3n) is 3.20. The monoisotopic (exact) mass is 234 g/mol. The number of carbonyl (C=O) groups is 1. The standard InChI is InChI=1S/C14H22N2O/c1-4-13(5-2)14(17)16(3)11-8-12-6-9-15-10-7-12/h6-7,9-10,13H,4-5,8,11H2,1-3H3. The van der Waals surface area contributed by atoms with Crippen LogP contribution in [0.2, 0.25) is 0 Å². The first-order chi connectivity index (χ1) is 8.19. The van der Waals surface area contributed by atoms with Crippen molar-refractivity contribution in [2.24, 2.45) is 5.92 Å². The average Bonchev–Trinajstić information content (AvgIpc) is 2.38. The van der Waals surface area contributed by atoms with Gasteiger partial charge in [-0.15, -0.1) is 0 Å². The molecule has 3 heteroatoms. The SMILES string of the molecule is CCC(CC)C(=O)N(C)CCc1ccncc1. The number of hydrogen-bond donors (Lipinski definition) is 0. The first kappa shape index (κ1) is 13.7. The van der Waals surface area contributed by atoms with Crippen LogP contribution in [-0.4, -0.2) is 29.4 Å². The molecule has 0 saturated carbocycles. The minimum atomic E-state index is 0.178. The van der Waals surface area contributed by atoms with Gasteiger partial charge in [-0.05, 0) is 37.0 Å². The van der Waals surface area contributed by atoms with Crippen molar-refractivity contribution >= 4 is 5.91 Å². The van der Waals surface area contributed by atoms with Crippen LogP contribution in [0.25, 0.3) is 0 Å². The topological polar surface area (TPSA) is 33.2 Å². The highest BCUT2D eigenvalue weighted by molar-refractivity contribution is 5.78. The summed E-state index contributed by atoms with van der Waals surface area (Å²) in [4.78, 5) is 17.9. The first-order valence-electron chi connectivity index (χ1n) is 6.32. The van der Waals surface area contributed by atoms with Gasteiger partial charge in [0.1, 0.15) is 0 Å². The second kappa shape index (κ2) is 7.05. The van der Waals surface area contributed by atoms with Gasteiger partial charge in [-0.1, -0.05) is 13.8 Å². The zero-order valence-electron chi connectivity index (χ0n) is 11.0. The van der Waals surface area contributed by atoms with Gasteiger partial charge in [0.25, 0.3) is 0 Å². The van der Waals surface area contributed by atoms with Crippen LogP contribution < -0.4 is 0 Å². The second-order valence-electron chi connectivity index (χ2n) is 4.38. The first-order valence-corrected chi connectivity index (χ1v) is 6.32. The Morgan fingerprint density at radius 3 is 2.41 bits per heavy atom. The highest BCUT2D eigenvalue weighted by Crippen LogP contribution is 2.11. The smallest absolute Gasteiger partial charge is 0.225 e. The molecule has 1 rings (SSSR count). The molecular formula is C14H22N2O. The van der Waals surface area contributed by atoms with Crippen molar-refractivity contribution in [3.63, 3.8) is 0 Å². The fraction of sp³-hybridized carbons (Fsp3) is 0.571. The van der Waals surface area contributed by atoms with Gasteiger partial charge in [0.05, 0.1) is 0 Å². The van der Waals surface area contributed by atoms with Crippen LogP contribution in [-0.2, 0) is 11.2 Å². The molecule has 0 aromatic carbocycles. The summed E-state index contributed by atoms with van der Waals surface area (Å²) in [5, 5.41) is 0. The fourth-order valence-electron chi connectivity index (χ4n) is 1.91. The Balaban J connectivity index is 2.44. The van der Waals surface area contributed by atoms with Crippen LogP contribution in [0.1, 0.15) is 32.3 Å². The Labute approximate surface area is 104 Å². The number of hydrogen-bond acceptors (Lipinski definition) is 2. The molecule has 1 heterocycles. The van der Waals surface area contributed by atoms with E-state index in [1.807, 2.05) is 24.1 Å². The third kappa shape index (κ3) is 4.17. The summed E-state index contributed by atoms with van der Waals surface area (Å²) in [5.74, 6) is 0.446. The van der Waals surface area contributed by atoms with Crippen molar-refractivity contribution in [1.82, 2.24) is 9.88 Å². The highest BCUT2D eigenvalue weighted by Gasteiger charge is 2.17. The van der Waals surface area contributed by atoms with Crippen molar-refractivity contribution in [2.45, 2.75) is 33.1 Å². The number of aromatic nitrogens is 1. The van der Waals surface area contributed by atoms with Gasteiger partial charge in [0.15, 0.2) is 0 Å². The van der Waals surface area contributed by atoms with Gasteiger partial charge in [0, 0.05) is 31.9 Å². The van der Waals surface area contributed by atoms with Gasteiger partial charge in [-0.3, -0.25) is 9.78 Å². The number of amides is 1. The van der Waals surface area contributed by atoms with E-state index in [9.17, 15) is 4.79 Å². The van der Waals surface area contributed by atoms with E-state index in [0.29, 0.717) is 0 Å². The van der Waals surface area contributed by atoms with Crippen molar-refractivity contribution in [1.29, 1.82) is 0 Å². The number of carbonyl (C=O) groups excluding carboxylic acids is 1. The quantitative estimate of drug-likeness (QED) is 0.757. The molecule has 1 amide bonds. The van der Waals surface area contributed by atoms with Gasteiger partial charge >= 0.3 is 0 Å². The maximum atomic E-state index is 12.0. The van der Waals surface area contributed by atoms with Crippen molar-refractivity contribution in [2.75, 3.05) is 13.6 Å². The van der Waals surface area contributed by atoms with E-state index in [2.05, 4.69) is 18.8 Å². The number of rotatable bonds is 6. The van der Waals surface area contributed by atoms with Gasteiger partial charge in [-0.25, -0.2) is 0 Å². The Morgan fingerprint density at radius 1 is 1.29 bits per heavy atom. The molecule has 0 fully saturated rings. The Bertz CT molecular complexity index is 333. The average molecular weight is 234 g/mol. The van der Waals surface area contributed by atoms with E-state index in [0.717, 1.165) is 25.8 Å². The van der Waals surface area contributed by atoms with E-state index in [1.165, 1.54) is 5.56 Å². The minimum Gasteiger partial charge on any atom is -0.345 e. The second-order valence-corrected chi connectivity index (χ2v) is 4.38. The van der Waals surface area contributed by atoms with Crippen LogP contribution in [0.15, 0.2) is 24.5 Å². The molecule has 0 N–H and O–H groups in total. The van der Waals surface area contributed by atoms with E-state index < -0.39 is 0 Å². The Kier molecular flexibility index (Phi) is 5.67. The largest absolute Gasteiger partial charge is 0.345 e. The summed E-state index contributed by atoms with van der Waals surface area (Å²) in [6, 6.07) is 3.99.